The highest BCUT2D eigenvalue weighted by Crippen LogP contribution is 2.21. The zero-order valence-electron chi connectivity index (χ0n) is 40.7. The summed E-state index contributed by atoms with van der Waals surface area (Å²) in [5.41, 5.74) is 3.87. The van der Waals surface area contributed by atoms with Crippen LogP contribution in [0.5, 0.6) is 0 Å². The van der Waals surface area contributed by atoms with Gasteiger partial charge in [-0.15, -0.1) is 0 Å². The van der Waals surface area contributed by atoms with Crippen molar-refractivity contribution < 1.29 is 38.5 Å². The minimum Gasteiger partial charge on any atom is -0.465 e. The number of carbonyl (C=O) groups is 4. The monoisotopic (exact) mass is 897 g/mol. The molecule has 0 spiro atoms. The van der Waals surface area contributed by atoms with E-state index in [4.69, 9.17) is 19.3 Å². The lowest BCUT2D eigenvalue weighted by molar-refractivity contribution is -0.153. The summed E-state index contributed by atoms with van der Waals surface area (Å²) in [5.74, 6) is -0.313. The van der Waals surface area contributed by atoms with Crippen molar-refractivity contribution in [2.24, 2.45) is 0 Å². The molecule has 0 aliphatic carbocycles. The molecule has 0 bridgehead atoms. The molecular formula is C53H76N4O8. The van der Waals surface area contributed by atoms with E-state index in [-0.39, 0.29) is 49.4 Å². The standard InChI is InChI=1S/C19H28N2O4.C13H24N2O4.3C7H8/c1-14-16(20-17(22)25-19(2,3)4)11-8-12-21(14)18(23)24-13-15-9-6-5-7-10-15;1-9-10(6-5-7-15(9)12(17)18)14-8-11(16)19-13(2,3)4;3*1-7-5-3-2-4-6-7/h5-7,9-10,14,16H,8,11-13H2,1-4H3,(H,20,22);9-10,14H,5-8H2,1-4H3,(H,17,18);3*2-6H,1H3. The van der Waals surface area contributed by atoms with Crippen LogP contribution in [0.2, 0.25) is 0 Å². The van der Waals surface area contributed by atoms with Crippen LogP contribution in [0.1, 0.15) is 103 Å². The third-order valence-electron chi connectivity index (χ3n) is 10.1. The summed E-state index contributed by atoms with van der Waals surface area (Å²) in [6, 6.07) is 39.9. The van der Waals surface area contributed by atoms with Gasteiger partial charge in [-0.25, -0.2) is 14.4 Å². The first-order valence-electron chi connectivity index (χ1n) is 22.6. The van der Waals surface area contributed by atoms with Crippen molar-refractivity contribution in [3.63, 3.8) is 0 Å². The summed E-state index contributed by atoms with van der Waals surface area (Å²) in [7, 11) is 0. The van der Waals surface area contributed by atoms with Crippen LogP contribution in [-0.4, -0.2) is 94.2 Å². The number of rotatable bonds is 6. The Labute approximate surface area is 389 Å². The maximum Gasteiger partial charge on any atom is 0.410 e. The van der Waals surface area contributed by atoms with E-state index in [1.165, 1.54) is 21.6 Å². The third kappa shape index (κ3) is 24.7. The number of carboxylic acid groups (broad SMARTS) is 1. The van der Waals surface area contributed by atoms with Gasteiger partial charge in [-0.3, -0.25) is 4.79 Å². The molecule has 12 nitrogen and oxygen atoms in total. The summed E-state index contributed by atoms with van der Waals surface area (Å²) < 4.78 is 15.9. The van der Waals surface area contributed by atoms with Crippen molar-refractivity contribution in [3.8, 4) is 0 Å². The van der Waals surface area contributed by atoms with Crippen LogP contribution < -0.4 is 10.6 Å². The minimum atomic E-state index is -0.906. The molecule has 4 atom stereocenters. The van der Waals surface area contributed by atoms with Crippen LogP contribution in [0.15, 0.2) is 121 Å². The van der Waals surface area contributed by atoms with Crippen molar-refractivity contribution in [3.05, 3.63) is 144 Å². The van der Waals surface area contributed by atoms with E-state index >= 15 is 0 Å². The maximum atomic E-state index is 12.4. The van der Waals surface area contributed by atoms with Crippen molar-refractivity contribution in [2.75, 3.05) is 19.6 Å². The number of benzene rings is 4. The van der Waals surface area contributed by atoms with Crippen molar-refractivity contribution in [1.29, 1.82) is 0 Å². The molecule has 4 aromatic carbocycles. The Hall–Kier alpha value is -5.88. The number of nitrogens with one attached hydrogen (secondary N) is 2. The first-order chi connectivity index (χ1) is 30.6. The molecule has 6 rings (SSSR count). The first-order valence-corrected chi connectivity index (χ1v) is 22.6. The summed E-state index contributed by atoms with van der Waals surface area (Å²) in [6.07, 6.45) is 1.58. The van der Waals surface area contributed by atoms with Gasteiger partial charge in [0.25, 0.3) is 0 Å². The number of hydrogen-bond acceptors (Lipinski definition) is 8. The second-order valence-corrected chi connectivity index (χ2v) is 18.3. The van der Waals surface area contributed by atoms with E-state index in [2.05, 4.69) is 67.8 Å². The normalized spacial score (nSPS) is 17.8. The Morgan fingerprint density at radius 1 is 0.600 bits per heavy atom. The Bertz CT molecular complexity index is 1850. The van der Waals surface area contributed by atoms with E-state index in [1.54, 1.807) is 4.90 Å². The molecule has 0 saturated carbocycles. The second kappa shape index (κ2) is 28.8. The number of nitrogens with zero attached hydrogens (tertiary/aromatic N) is 2. The molecule has 2 saturated heterocycles. The van der Waals surface area contributed by atoms with Gasteiger partial charge in [-0.2, -0.15) is 0 Å². The predicted molar refractivity (Wildman–Crippen MR) is 260 cm³/mol. The number of esters is 1. The predicted octanol–water partition coefficient (Wildman–Crippen LogP) is 11.1. The molecule has 65 heavy (non-hydrogen) atoms. The molecule has 2 heterocycles. The Kier molecular flexibility index (Phi) is 24.5. The topological polar surface area (TPSA) is 147 Å². The highest BCUT2D eigenvalue weighted by molar-refractivity contribution is 5.72. The van der Waals surface area contributed by atoms with E-state index in [1.807, 2.05) is 140 Å². The fourth-order valence-corrected chi connectivity index (χ4v) is 6.74. The highest BCUT2D eigenvalue weighted by Gasteiger charge is 2.34. The highest BCUT2D eigenvalue weighted by atomic mass is 16.6. The SMILES string of the molecule is CC1C(NC(=O)OC(C)(C)C)CCCN1C(=O)OCc1ccccc1.CC1C(NCC(=O)OC(C)(C)C)CCCN1C(=O)O.Cc1ccccc1.Cc1ccccc1.Cc1ccccc1. The lowest BCUT2D eigenvalue weighted by Gasteiger charge is -2.39. The Balaban J connectivity index is 0.000000314. The van der Waals surface area contributed by atoms with Gasteiger partial charge in [0.05, 0.1) is 18.6 Å². The Morgan fingerprint density at radius 2 is 1.00 bits per heavy atom. The van der Waals surface area contributed by atoms with Crippen LogP contribution in [0.4, 0.5) is 14.4 Å². The molecule has 3 amide bonds. The van der Waals surface area contributed by atoms with Gasteiger partial charge >= 0.3 is 24.2 Å². The van der Waals surface area contributed by atoms with E-state index in [0.717, 1.165) is 31.2 Å². The molecule has 2 aliphatic rings. The van der Waals surface area contributed by atoms with Crippen molar-refractivity contribution in [1.82, 2.24) is 20.4 Å². The zero-order valence-corrected chi connectivity index (χ0v) is 40.7. The minimum absolute atomic E-state index is 0.00244. The summed E-state index contributed by atoms with van der Waals surface area (Å²) >= 11 is 0. The fourth-order valence-electron chi connectivity index (χ4n) is 6.74. The number of alkyl carbamates (subject to hydrolysis) is 1. The Morgan fingerprint density at radius 3 is 1.40 bits per heavy atom. The van der Waals surface area contributed by atoms with Gasteiger partial charge in [0.1, 0.15) is 17.8 Å². The summed E-state index contributed by atoms with van der Waals surface area (Å²) in [5, 5.41) is 15.0. The van der Waals surface area contributed by atoms with Crippen LogP contribution >= 0.6 is 0 Å². The van der Waals surface area contributed by atoms with Crippen molar-refractivity contribution >= 4 is 24.2 Å². The molecule has 2 aliphatic heterocycles. The average Bonchev–Trinajstić information content (AvgIpc) is 3.24. The molecule has 4 unspecified atom stereocenters. The number of ether oxygens (including phenoxy) is 3. The van der Waals surface area contributed by atoms with Crippen LogP contribution in [0.3, 0.4) is 0 Å². The number of amides is 3. The molecular weight excluding hydrogens is 821 g/mol. The largest absolute Gasteiger partial charge is 0.465 e. The van der Waals surface area contributed by atoms with Crippen LogP contribution in [-0.2, 0) is 25.6 Å². The molecule has 0 aromatic heterocycles. The number of aryl methyl sites for hydroxylation is 3. The number of hydrogen-bond donors (Lipinski definition) is 3. The second-order valence-electron chi connectivity index (χ2n) is 18.3. The lowest BCUT2D eigenvalue weighted by atomic mass is 9.98. The van der Waals surface area contributed by atoms with Gasteiger partial charge in [0.15, 0.2) is 0 Å². The van der Waals surface area contributed by atoms with Crippen molar-refractivity contribution in [2.45, 2.75) is 144 Å². The third-order valence-corrected chi connectivity index (χ3v) is 10.1. The lowest BCUT2D eigenvalue weighted by Crippen LogP contribution is -2.56. The summed E-state index contributed by atoms with van der Waals surface area (Å²) in [6.45, 7) is 22.5. The fraction of sp³-hybridized carbons (Fsp3) is 0.472. The van der Waals surface area contributed by atoms with Crippen LogP contribution in [0, 0.1) is 20.8 Å². The molecule has 0 radical (unpaired) electrons. The summed E-state index contributed by atoms with van der Waals surface area (Å²) in [4.78, 5) is 50.1. The van der Waals surface area contributed by atoms with E-state index in [9.17, 15) is 19.2 Å². The number of carbonyl (C=O) groups excluding carboxylic acids is 3. The number of likely N-dealkylation sites (tertiary alicyclic amines) is 2. The van der Waals surface area contributed by atoms with Gasteiger partial charge in [-0.05, 0) is 107 Å². The molecule has 3 N–H and O–H groups in total. The van der Waals surface area contributed by atoms with Gasteiger partial charge in [0.2, 0.25) is 0 Å². The molecule has 12 heteroatoms. The molecule has 4 aromatic rings. The smallest absolute Gasteiger partial charge is 0.410 e. The average molecular weight is 897 g/mol. The van der Waals surface area contributed by atoms with Gasteiger partial charge in [0, 0.05) is 25.2 Å². The quantitative estimate of drug-likeness (QED) is 0.127. The number of piperidine rings is 2. The van der Waals surface area contributed by atoms with Crippen LogP contribution in [0.25, 0.3) is 0 Å². The van der Waals surface area contributed by atoms with E-state index in [0.29, 0.717) is 13.1 Å². The van der Waals surface area contributed by atoms with Gasteiger partial charge < -0.3 is 39.8 Å². The first kappa shape index (κ1) is 55.3. The molecule has 356 valence electrons. The molecule has 2 fully saturated rings. The zero-order chi connectivity index (χ0) is 48.4. The maximum absolute atomic E-state index is 12.4. The van der Waals surface area contributed by atoms with Gasteiger partial charge in [-0.1, -0.05) is 138 Å². The van der Waals surface area contributed by atoms with E-state index < -0.39 is 23.4 Å².